The molecule has 5 nitrogen and oxygen atoms in total. The van der Waals surface area contributed by atoms with Gasteiger partial charge in [0.1, 0.15) is 12.4 Å². The first-order valence-electron chi connectivity index (χ1n) is 6.76. The average molecular weight is 283 g/mol. The number of rotatable bonds is 11. The van der Waals surface area contributed by atoms with Crippen molar-refractivity contribution in [2.24, 2.45) is 0 Å². The standard InChI is InChI=1S/C15H25NO4/c1-17-10-8-16(9-11-18-2)14-4-6-15(7-5-14)20-13-12-19-3/h4-7H,8-13H2,1-3H3. The van der Waals surface area contributed by atoms with E-state index in [1.807, 2.05) is 24.3 Å². The van der Waals surface area contributed by atoms with Crippen LogP contribution in [0.1, 0.15) is 0 Å². The van der Waals surface area contributed by atoms with Gasteiger partial charge in [0.2, 0.25) is 0 Å². The molecule has 0 N–H and O–H groups in total. The molecule has 20 heavy (non-hydrogen) atoms. The van der Waals surface area contributed by atoms with Crippen LogP contribution in [0.2, 0.25) is 0 Å². The monoisotopic (exact) mass is 283 g/mol. The Hall–Kier alpha value is -1.30. The van der Waals surface area contributed by atoms with Crippen LogP contribution in [-0.4, -0.2) is 60.8 Å². The van der Waals surface area contributed by atoms with Gasteiger partial charge in [-0.1, -0.05) is 0 Å². The van der Waals surface area contributed by atoms with Crippen molar-refractivity contribution >= 4 is 5.69 Å². The maximum absolute atomic E-state index is 5.55. The highest BCUT2D eigenvalue weighted by molar-refractivity contribution is 5.49. The largest absolute Gasteiger partial charge is 0.491 e. The van der Waals surface area contributed by atoms with E-state index < -0.39 is 0 Å². The maximum Gasteiger partial charge on any atom is 0.119 e. The molecular weight excluding hydrogens is 258 g/mol. The molecule has 1 rings (SSSR count). The van der Waals surface area contributed by atoms with Gasteiger partial charge < -0.3 is 23.8 Å². The zero-order valence-electron chi connectivity index (χ0n) is 12.6. The minimum absolute atomic E-state index is 0.562. The summed E-state index contributed by atoms with van der Waals surface area (Å²) in [6.45, 7) is 4.21. The lowest BCUT2D eigenvalue weighted by Gasteiger charge is -2.24. The summed E-state index contributed by atoms with van der Waals surface area (Å²) in [5, 5.41) is 0. The summed E-state index contributed by atoms with van der Waals surface area (Å²) in [6.07, 6.45) is 0. The van der Waals surface area contributed by atoms with Crippen LogP contribution >= 0.6 is 0 Å². The molecule has 0 spiro atoms. The molecule has 0 aliphatic heterocycles. The van der Waals surface area contributed by atoms with Crippen LogP contribution in [0.25, 0.3) is 0 Å². The highest BCUT2D eigenvalue weighted by Gasteiger charge is 2.06. The molecule has 0 aliphatic carbocycles. The summed E-state index contributed by atoms with van der Waals surface area (Å²) in [7, 11) is 5.08. The third kappa shape index (κ3) is 6.23. The minimum atomic E-state index is 0.562. The van der Waals surface area contributed by atoms with Crippen LogP contribution in [0.3, 0.4) is 0 Å². The average Bonchev–Trinajstić information content (AvgIpc) is 2.49. The molecule has 5 heteroatoms. The first-order valence-corrected chi connectivity index (χ1v) is 6.76. The molecule has 0 amide bonds. The van der Waals surface area contributed by atoms with Crippen molar-refractivity contribution < 1.29 is 18.9 Å². The van der Waals surface area contributed by atoms with E-state index in [-0.39, 0.29) is 0 Å². The molecule has 0 saturated carbocycles. The first-order chi connectivity index (χ1) is 9.81. The zero-order valence-corrected chi connectivity index (χ0v) is 12.6. The molecule has 0 heterocycles. The van der Waals surface area contributed by atoms with E-state index in [0.29, 0.717) is 26.4 Å². The van der Waals surface area contributed by atoms with E-state index in [1.165, 1.54) is 0 Å². The van der Waals surface area contributed by atoms with Gasteiger partial charge in [-0.05, 0) is 24.3 Å². The minimum Gasteiger partial charge on any atom is -0.491 e. The third-order valence-electron chi connectivity index (χ3n) is 2.89. The molecule has 0 atom stereocenters. The number of hydrogen-bond donors (Lipinski definition) is 0. The highest BCUT2D eigenvalue weighted by atomic mass is 16.5. The molecule has 1 aromatic carbocycles. The third-order valence-corrected chi connectivity index (χ3v) is 2.89. The zero-order chi connectivity index (χ0) is 14.6. The second-order valence-corrected chi connectivity index (χ2v) is 4.31. The van der Waals surface area contributed by atoms with Gasteiger partial charge >= 0.3 is 0 Å². The normalized spacial score (nSPS) is 10.6. The fourth-order valence-corrected chi connectivity index (χ4v) is 1.77. The second-order valence-electron chi connectivity index (χ2n) is 4.31. The van der Waals surface area contributed by atoms with E-state index in [2.05, 4.69) is 4.90 Å². The molecule has 0 radical (unpaired) electrons. The lowest BCUT2D eigenvalue weighted by Crippen LogP contribution is -2.30. The summed E-state index contributed by atoms with van der Waals surface area (Å²) in [6, 6.07) is 8.04. The SMILES string of the molecule is COCCOc1ccc(N(CCOC)CCOC)cc1. The van der Waals surface area contributed by atoms with Crippen LogP contribution in [0, 0.1) is 0 Å². The van der Waals surface area contributed by atoms with Crippen molar-refractivity contribution in [3.63, 3.8) is 0 Å². The van der Waals surface area contributed by atoms with E-state index in [1.54, 1.807) is 21.3 Å². The van der Waals surface area contributed by atoms with E-state index in [0.717, 1.165) is 24.5 Å². The van der Waals surface area contributed by atoms with Gasteiger partial charge in [-0.2, -0.15) is 0 Å². The molecule has 1 aromatic rings. The van der Waals surface area contributed by atoms with E-state index in [4.69, 9.17) is 18.9 Å². The number of hydrogen-bond acceptors (Lipinski definition) is 5. The van der Waals surface area contributed by atoms with Crippen molar-refractivity contribution in [3.8, 4) is 5.75 Å². The molecule has 0 aromatic heterocycles. The molecule has 0 unspecified atom stereocenters. The Morgan fingerprint density at radius 1 is 0.750 bits per heavy atom. The van der Waals surface area contributed by atoms with Gasteiger partial charge in [-0.3, -0.25) is 0 Å². The quantitative estimate of drug-likeness (QED) is 0.579. The van der Waals surface area contributed by atoms with Crippen LogP contribution in [0.4, 0.5) is 5.69 Å². The number of nitrogens with zero attached hydrogens (tertiary/aromatic N) is 1. The van der Waals surface area contributed by atoms with Crippen LogP contribution in [0.15, 0.2) is 24.3 Å². The lowest BCUT2D eigenvalue weighted by molar-refractivity contribution is 0.146. The summed E-state index contributed by atoms with van der Waals surface area (Å²) < 4.78 is 20.8. The van der Waals surface area contributed by atoms with Gasteiger partial charge in [0.25, 0.3) is 0 Å². The van der Waals surface area contributed by atoms with Gasteiger partial charge in [0, 0.05) is 40.1 Å². The Bertz CT molecular complexity index is 334. The molecule has 0 bridgehead atoms. The van der Waals surface area contributed by atoms with Crippen LogP contribution in [0.5, 0.6) is 5.75 Å². The highest BCUT2D eigenvalue weighted by Crippen LogP contribution is 2.19. The number of ether oxygens (including phenoxy) is 4. The smallest absolute Gasteiger partial charge is 0.119 e. The summed E-state index contributed by atoms with van der Waals surface area (Å²) >= 11 is 0. The predicted molar refractivity (Wildman–Crippen MR) is 79.8 cm³/mol. The number of anilines is 1. The lowest BCUT2D eigenvalue weighted by atomic mass is 10.2. The Labute approximate surface area is 121 Å². The molecule has 0 fully saturated rings. The van der Waals surface area contributed by atoms with Gasteiger partial charge in [-0.25, -0.2) is 0 Å². The van der Waals surface area contributed by atoms with Crippen LogP contribution < -0.4 is 9.64 Å². The predicted octanol–water partition coefficient (Wildman–Crippen LogP) is 1.81. The fraction of sp³-hybridized carbons (Fsp3) is 0.600. The summed E-state index contributed by atoms with van der Waals surface area (Å²) in [5.41, 5.74) is 1.14. The Morgan fingerprint density at radius 2 is 1.30 bits per heavy atom. The van der Waals surface area contributed by atoms with Gasteiger partial charge in [-0.15, -0.1) is 0 Å². The Kier molecular flexibility index (Phi) is 8.78. The molecular formula is C15H25NO4. The van der Waals surface area contributed by atoms with E-state index in [9.17, 15) is 0 Å². The van der Waals surface area contributed by atoms with Crippen molar-refractivity contribution in [1.29, 1.82) is 0 Å². The van der Waals surface area contributed by atoms with Gasteiger partial charge in [0.15, 0.2) is 0 Å². The maximum atomic E-state index is 5.55. The first kappa shape index (κ1) is 16.8. The van der Waals surface area contributed by atoms with Crippen molar-refractivity contribution in [2.75, 3.05) is 65.7 Å². The summed E-state index contributed by atoms with van der Waals surface area (Å²) in [4.78, 5) is 2.23. The molecule has 0 aliphatic rings. The molecule has 114 valence electrons. The Balaban J connectivity index is 2.56. The molecule has 0 saturated heterocycles. The van der Waals surface area contributed by atoms with Crippen LogP contribution in [-0.2, 0) is 14.2 Å². The number of benzene rings is 1. The van der Waals surface area contributed by atoms with Crippen molar-refractivity contribution in [3.05, 3.63) is 24.3 Å². The number of methoxy groups -OCH3 is 3. The second kappa shape index (κ2) is 10.5. The Morgan fingerprint density at radius 3 is 1.80 bits per heavy atom. The van der Waals surface area contributed by atoms with E-state index >= 15 is 0 Å². The van der Waals surface area contributed by atoms with Gasteiger partial charge in [0.05, 0.1) is 19.8 Å². The van der Waals surface area contributed by atoms with Crippen molar-refractivity contribution in [1.82, 2.24) is 0 Å². The topological polar surface area (TPSA) is 40.2 Å². The summed E-state index contributed by atoms with van der Waals surface area (Å²) in [5.74, 6) is 0.851. The van der Waals surface area contributed by atoms with Crippen molar-refractivity contribution in [2.45, 2.75) is 0 Å². The fourth-order valence-electron chi connectivity index (χ4n) is 1.77.